The highest BCUT2D eigenvalue weighted by molar-refractivity contribution is 7.42. The maximum atomic E-state index is 9.00. The van der Waals surface area contributed by atoms with Crippen molar-refractivity contribution in [1.29, 1.82) is 0 Å². The fourth-order valence-corrected chi connectivity index (χ4v) is 9.33. The monoisotopic (exact) mass is 793 g/mol. The first kappa shape index (κ1) is 51.1. The quantitative estimate of drug-likeness (QED) is 0.0495. The van der Waals surface area contributed by atoms with Crippen molar-refractivity contribution in [3.8, 4) is 0 Å². The fraction of sp³-hybridized carbons (Fsp3) is 0.977. The average Bonchev–Trinajstić information content (AvgIpc) is 3.15. The van der Waals surface area contributed by atoms with Gasteiger partial charge in [-0.3, -0.25) is 4.79 Å². The molecule has 0 aromatic rings. The summed E-state index contributed by atoms with van der Waals surface area (Å²) >= 11 is 0. The van der Waals surface area contributed by atoms with E-state index < -0.39 is 23.2 Å². The Morgan fingerprint density at radius 3 is 0.830 bits per heavy atom. The summed E-state index contributed by atoms with van der Waals surface area (Å²) in [7, 11) is -2.48. The van der Waals surface area contributed by atoms with Crippen LogP contribution in [0.1, 0.15) is 226 Å². The Hall–Kier alpha value is 0.0900. The van der Waals surface area contributed by atoms with Crippen molar-refractivity contribution in [1.82, 2.24) is 0 Å². The third-order valence-corrected chi connectivity index (χ3v) is 12.4. The molecular formula is C43H86O8P2. The second-order valence-electron chi connectivity index (χ2n) is 15.8. The van der Waals surface area contributed by atoms with E-state index in [0.717, 1.165) is 33.0 Å². The SMILES string of the molecule is CC(=O)O.CCCCCCCCCCCCCCCCCCOP1OCC2(CO1)COP(OCCCCCCCCCCCCCCCCCC)OC2. The molecule has 53 heavy (non-hydrogen) atoms. The van der Waals surface area contributed by atoms with E-state index in [0.29, 0.717) is 26.4 Å². The summed E-state index contributed by atoms with van der Waals surface area (Å²) in [5.74, 6) is -0.833. The van der Waals surface area contributed by atoms with Gasteiger partial charge >= 0.3 is 17.2 Å². The molecule has 2 rings (SSSR count). The summed E-state index contributed by atoms with van der Waals surface area (Å²) in [4.78, 5) is 9.00. The smallest absolute Gasteiger partial charge is 0.332 e. The van der Waals surface area contributed by atoms with Crippen molar-refractivity contribution >= 4 is 23.2 Å². The lowest BCUT2D eigenvalue weighted by Gasteiger charge is -2.41. The highest BCUT2D eigenvalue weighted by Crippen LogP contribution is 2.53. The van der Waals surface area contributed by atoms with Crippen molar-refractivity contribution in [2.24, 2.45) is 5.41 Å². The standard InChI is InChI=1S/C41H82O6P2.C2H4O2/c1-3-5-7-9-11-13-15-17-19-21-23-25-27-29-31-33-35-42-48-44-37-41(38-45-48)39-46-49(47-40-41)43-36-34-32-30-28-26-24-22-20-18-16-14-12-10-8-6-4-2;1-2(3)4/h3-40H2,1-2H3;1H3,(H,3,4). The Balaban J connectivity index is 0.00000333. The van der Waals surface area contributed by atoms with Crippen molar-refractivity contribution in [2.45, 2.75) is 226 Å². The zero-order chi connectivity index (χ0) is 38.3. The minimum Gasteiger partial charge on any atom is -0.481 e. The lowest BCUT2D eigenvalue weighted by atomic mass is 9.93. The molecule has 316 valence electrons. The number of rotatable bonds is 36. The molecule has 2 aliphatic heterocycles. The van der Waals surface area contributed by atoms with Gasteiger partial charge < -0.3 is 32.2 Å². The predicted molar refractivity (Wildman–Crippen MR) is 224 cm³/mol. The van der Waals surface area contributed by atoms with Crippen molar-refractivity contribution in [3.63, 3.8) is 0 Å². The molecule has 0 amide bonds. The highest BCUT2D eigenvalue weighted by atomic mass is 31.2. The van der Waals surface area contributed by atoms with Crippen molar-refractivity contribution < 1.29 is 37.0 Å². The molecule has 0 bridgehead atoms. The van der Waals surface area contributed by atoms with Gasteiger partial charge in [-0.2, -0.15) is 0 Å². The van der Waals surface area contributed by atoms with Gasteiger partial charge in [0, 0.05) is 6.92 Å². The van der Waals surface area contributed by atoms with Crippen LogP contribution in [-0.4, -0.2) is 50.7 Å². The number of hydrogen-bond acceptors (Lipinski definition) is 7. The van der Waals surface area contributed by atoms with Gasteiger partial charge in [0.05, 0.1) is 45.1 Å². The summed E-state index contributed by atoms with van der Waals surface area (Å²) in [6.45, 7) is 9.40. The van der Waals surface area contributed by atoms with Crippen LogP contribution in [0.15, 0.2) is 0 Å². The Kier molecular flexibility index (Phi) is 37.6. The molecule has 2 aliphatic rings. The van der Waals surface area contributed by atoms with E-state index in [1.807, 2.05) is 0 Å². The Morgan fingerprint density at radius 1 is 0.434 bits per heavy atom. The van der Waals surface area contributed by atoms with Crippen LogP contribution in [0.25, 0.3) is 0 Å². The second-order valence-corrected chi connectivity index (χ2v) is 18.3. The van der Waals surface area contributed by atoms with Crippen LogP contribution in [-0.2, 0) is 31.9 Å². The Bertz CT molecular complexity index is 697. The molecule has 8 nitrogen and oxygen atoms in total. The van der Waals surface area contributed by atoms with Crippen LogP contribution < -0.4 is 0 Å². The van der Waals surface area contributed by atoms with E-state index in [1.165, 1.54) is 193 Å². The highest BCUT2D eigenvalue weighted by Gasteiger charge is 2.43. The van der Waals surface area contributed by atoms with Crippen LogP contribution in [0.5, 0.6) is 0 Å². The van der Waals surface area contributed by atoms with Gasteiger partial charge in [-0.25, -0.2) is 0 Å². The summed E-state index contributed by atoms with van der Waals surface area (Å²) in [6, 6.07) is 0. The molecule has 1 N–H and O–H groups in total. The average molecular weight is 793 g/mol. The molecule has 10 heteroatoms. The molecule has 0 radical (unpaired) electrons. The topological polar surface area (TPSA) is 92.7 Å². The van der Waals surface area contributed by atoms with E-state index in [4.69, 9.17) is 37.0 Å². The summed E-state index contributed by atoms with van der Waals surface area (Å²) < 4.78 is 35.7. The predicted octanol–water partition coefficient (Wildman–Crippen LogP) is 15.2. The van der Waals surface area contributed by atoms with E-state index in [9.17, 15) is 0 Å². The van der Waals surface area contributed by atoms with Crippen LogP contribution in [0.4, 0.5) is 0 Å². The first-order chi connectivity index (χ1) is 26.0. The molecule has 2 fully saturated rings. The largest absolute Gasteiger partial charge is 0.481 e. The number of carboxylic acids is 1. The van der Waals surface area contributed by atoms with Gasteiger partial charge in [0.2, 0.25) is 0 Å². The van der Waals surface area contributed by atoms with Crippen molar-refractivity contribution in [2.75, 3.05) is 39.6 Å². The van der Waals surface area contributed by atoms with Gasteiger partial charge in [0.1, 0.15) is 0 Å². The van der Waals surface area contributed by atoms with Gasteiger partial charge in [0.25, 0.3) is 5.97 Å². The second kappa shape index (κ2) is 38.9. The number of hydrogen-bond donors (Lipinski definition) is 1. The molecular weight excluding hydrogens is 706 g/mol. The van der Waals surface area contributed by atoms with E-state index in [-0.39, 0.29) is 5.41 Å². The third kappa shape index (κ3) is 33.9. The summed E-state index contributed by atoms with van der Waals surface area (Å²) in [6.07, 6.45) is 44.1. The first-order valence-corrected chi connectivity index (χ1v) is 24.8. The normalized spacial score (nSPS) is 20.1. The number of unbranched alkanes of at least 4 members (excludes halogenated alkanes) is 30. The summed E-state index contributed by atoms with van der Waals surface area (Å²) in [5.41, 5.74) is -0.229. The Morgan fingerprint density at radius 2 is 0.623 bits per heavy atom. The van der Waals surface area contributed by atoms with E-state index in [2.05, 4.69) is 13.8 Å². The molecule has 0 atom stereocenters. The Labute approximate surface area is 330 Å². The molecule has 0 saturated carbocycles. The lowest BCUT2D eigenvalue weighted by Crippen LogP contribution is -2.44. The number of aliphatic carboxylic acids is 1. The molecule has 0 aliphatic carbocycles. The van der Waals surface area contributed by atoms with Crippen LogP contribution in [0, 0.1) is 5.41 Å². The number of carbonyl (C=O) groups is 1. The maximum absolute atomic E-state index is 9.00. The van der Waals surface area contributed by atoms with Crippen LogP contribution >= 0.6 is 17.2 Å². The van der Waals surface area contributed by atoms with E-state index >= 15 is 0 Å². The first-order valence-electron chi connectivity index (χ1n) is 22.6. The zero-order valence-electron chi connectivity index (χ0n) is 35.1. The van der Waals surface area contributed by atoms with Gasteiger partial charge in [-0.15, -0.1) is 0 Å². The minimum absolute atomic E-state index is 0.229. The van der Waals surface area contributed by atoms with Crippen LogP contribution in [0.2, 0.25) is 0 Å². The van der Waals surface area contributed by atoms with Gasteiger partial charge in [-0.1, -0.05) is 206 Å². The molecule has 0 unspecified atom stereocenters. The third-order valence-electron chi connectivity index (χ3n) is 10.3. The molecule has 0 aromatic heterocycles. The zero-order valence-corrected chi connectivity index (χ0v) is 36.9. The minimum atomic E-state index is -1.24. The molecule has 1 spiro atoms. The molecule has 2 saturated heterocycles. The number of carboxylic acid groups (broad SMARTS) is 1. The molecule has 0 aromatic carbocycles. The maximum Gasteiger partial charge on any atom is 0.332 e. The van der Waals surface area contributed by atoms with Crippen molar-refractivity contribution in [3.05, 3.63) is 0 Å². The van der Waals surface area contributed by atoms with Gasteiger partial charge in [0.15, 0.2) is 0 Å². The molecule has 2 heterocycles. The fourth-order valence-electron chi connectivity index (χ4n) is 6.81. The summed E-state index contributed by atoms with van der Waals surface area (Å²) in [5, 5.41) is 7.42. The lowest BCUT2D eigenvalue weighted by molar-refractivity contribution is -0.134. The van der Waals surface area contributed by atoms with E-state index in [1.54, 1.807) is 0 Å². The van der Waals surface area contributed by atoms with Crippen LogP contribution in [0.3, 0.4) is 0 Å². The van der Waals surface area contributed by atoms with Gasteiger partial charge in [-0.05, 0) is 12.8 Å².